The third kappa shape index (κ3) is 4.48. The van der Waals surface area contributed by atoms with Gasteiger partial charge in [0.15, 0.2) is 0 Å². The molecule has 0 saturated heterocycles. The van der Waals surface area contributed by atoms with Gasteiger partial charge in [0.05, 0.1) is 10.4 Å². The fourth-order valence-corrected chi connectivity index (χ4v) is 6.66. The van der Waals surface area contributed by atoms with Crippen LogP contribution in [0.1, 0.15) is 58.2 Å². The number of rotatable bonds is 3. The van der Waals surface area contributed by atoms with Crippen molar-refractivity contribution in [1.29, 1.82) is 0 Å². The van der Waals surface area contributed by atoms with Gasteiger partial charge in [-0.3, -0.25) is 0 Å². The van der Waals surface area contributed by atoms with Crippen molar-refractivity contribution >= 4 is 64.5 Å². The highest BCUT2D eigenvalue weighted by molar-refractivity contribution is 9.10. The molecule has 0 saturated carbocycles. The van der Waals surface area contributed by atoms with Crippen molar-refractivity contribution in [1.82, 2.24) is 0 Å². The summed E-state index contributed by atoms with van der Waals surface area (Å²) >= 11 is 5.65. The first-order chi connectivity index (χ1) is 16.9. The van der Waals surface area contributed by atoms with Gasteiger partial charge >= 0.3 is 0 Å². The van der Waals surface area contributed by atoms with Gasteiger partial charge < -0.3 is 4.90 Å². The van der Waals surface area contributed by atoms with Gasteiger partial charge in [-0.1, -0.05) is 90.1 Å². The molecule has 0 radical (unpaired) electrons. The molecule has 0 unspecified atom stereocenters. The molecule has 36 heavy (non-hydrogen) atoms. The molecule has 5 rings (SSSR count). The first-order valence-corrected chi connectivity index (χ1v) is 14.2. The van der Waals surface area contributed by atoms with Gasteiger partial charge in [0.25, 0.3) is 0 Å². The third-order valence-corrected chi connectivity index (χ3v) is 9.19. The molecular weight excluding hydrogens is 522 g/mol. The number of nitrogens with zero attached hydrogens (tertiary/aromatic N) is 1. The van der Waals surface area contributed by atoms with Crippen LogP contribution in [0.2, 0.25) is 0 Å². The van der Waals surface area contributed by atoms with Crippen molar-refractivity contribution in [2.45, 2.75) is 59.3 Å². The lowest BCUT2D eigenvalue weighted by Gasteiger charge is -2.30. The number of hydrogen-bond acceptors (Lipinski definition) is 2. The predicted octanol–water partition coefficient (Wildman–Crippen LogP) is 11.2. The van der Waals surface area contributed by atoms with E-state index in [1.807, 2.05) is 11.3 Å². The second kappa shape index (κ2) is 9.04. The molecule has 0 N–H and O–H groups in total. The first-order valence-electron chi connectivity index (χ1n) is 12.6. The Kier molecular flexibility index (Phi) is 6.29. The Balaban J connectivity index is 1.77. The van der Waals surface area contributed by atoms with E-state index in [0.29, 0.717) is 0 Å². The van der Waals surface area contributed by atoms with E-state index in [-0.39, 0.29) is 10.8 Å². The molecule has 0 amide bonds. The van der Waals surface area contributed by atoms with Crippen molar-refractivity contribution in [2.75, 3.05) is 4.90 Å². The lowest BCUT2D eigenvalue weighted by molar-refractivity contribution is 0.590. The Morgan fingerprint density at radius 1 is 0.639 bits per heavy atom. The summed E-state index contributed by atoms with van der Waals surface area (Å²) in [6, 6.07) is 29.3. The van der Waals surface area contributed by atoms with Gasteiger partial charge in [-0.05, 0) is 80.7 Å². The van der Waals surface area contributed by atoms with Crippen molar-refractivity contribution in [3.8, 4) is 0 Å². The van der Waals surface area contributed by atoms with Crippen LogP contribution in [-0.4, -0.2) is 0 Å². The quantitative estimate of drug-likeness (QED) is 0.214. The fourth-order valence-electron chi connectivity index (χ4n) is 4.84. The van der Waals surface area contributed by atoms with Crippen molar-refractivity contribution in [3.05, 3.63) is 100 Å². The second-order valence-corrected chi connectivity index (χ2v) is 13.6. The summed E-state index contributed by atoms with van der Waals surface area (Å²) in [5.74, 6) is 0. The molecule has 5 aromatic rings. The summed E-state index contributed by atoms with van der Waals surface area (Å²) < 4.78 is 3.75. The van der Waals surface area contributed by atoms with E-state index in [1.165, 1.54) is 53.9 Å². The predicted molar refractivity (Wildman–Crippen MR) is 164 cm³/mol. The summed E-state index contributed by atoms with van der Waals surface area (Å²) in [5.41, 5.74) is 7.82. The lowest BCUT2D eigenvalue weighted by Crippen LogP contribution is -2.15. The normalized spacial score (nSPS) is 12.4. The minimum Gasteiger partial charge on any atom is -0.309 e. The van der Waals surface area contributed by atoms with Crippen LogP contribution >= 0.6 is 27.3 Å². The number of aryl methyl sites for hydroxylation is 1. The Labute approximate surface area is 227 Å². The monoisotopic (exact) mass is 555 g/mol. The lowest BCUT2D eigenvalue weighted by atomic mass is 9.85. The van der Waals surface area contributed by atoms with Gasteiger partial charge in [0.2, 0.25) is 0 Å². The molecule has 1 nitrogen and oxygen atoms in total. The van der Waals surface area contributed by atoms with Crippen molar-refractivity contribution < 1.29 is 0 Å². The fraction of sp³-hybridized carbons (Fsp3) is 0.273. The van der Waals surface area contributed by atoms with E-state index < -0.39 is 0 Å². The summed E-state index contributed by atoms with van der Waals surface area (Å²) in [6.45, 7) is 15.9. The minimum absolute atomic E-state index is 0.111. The van der Waals surface area contributed by atoms with E-state index in [0.717, 1.165) is 4.47 Å². The molecule has 4 aromatic carbocycles. The summed E-state index contributed by atoms with van der Waals surface area (Å²) in [5, 5.41) is 2.60. The zero-order valence-electron chi connectivity index (χ0n) is 22.2. The summed E-state index contributed by atoms with van der Waals surface area (Å²) in [4.78, 5) is 2.44. The molecule has 0 aliphatic heterocycles. The zero-order valence-corrected chi connectivity index (χ0v) is 24.6. The summed E-state index contributed by atoms with van der Waals surface area (Å²) in [7, 11) is 0. The number of thiophene rings is 1. The second-order valence-electron chi connectivity index (χ2n) is 11.8. The van der Waals surface area contributed by atoms with E-state index >= 15 is 0 Å². The molecule has 0 bridgehead atoms. The number of hydrogen-bond donors (Lipinski definition) is 0. The van der Waals surface area contributed by atoms with E-state index in [4.69, 9.17) is 0 Å². The zero-order chi connectivity index (χ0) is 25.8. The molecule has 0 atom stereocenters. The molecule has 184 valence electrons. The Hall–Kier alpha value is -2.62. The average Bonchev–Trinajstić information content (AvgIpc) is 3.20. The topological polar surface area (TPSA) is 3.24 Å². The van der Waals surface area contributed by atoms with Crippen LogP contribution in [0.3, 0.4) is 0 Å². The maximum absolute atomic E-state index is 3.79. The summed E-state index contributed by atoms with van der Waals surface area (Å²) in [6.07, 6.45) is 0. The Bertz CT molecular complexity index is 1560. The highest BCUT2D eigenvalue weighted by Gasteiger charge is 2.22. The molecule has 3 heteroatoms. The number of fused-ring (bicyclic) bond motifs is 3. The smallest absolute Gasteiger partial charge is 0.0640 e. The van der Waals surface area contributed by atoms with Crippen LogP contribution in [0.25, 0.3) is 20.2 Å². The minimum atomic E-state index is 0.111. The standard InChI is InChI=1S/C33H34BrNS/c1-21-20-23(33(5,6)7)16-19-28(21)35(24-17-14-22(15-18-24)32(2,3)4)29-13-9-11-26-25-10-8-12-27(34)30(25)36-31(26)29/h8-20H,1-7H3. The average molecular weight is 557 g/mol. The van der Waals surface area contributed by atoms with Crippen LogP contribution < -0.4 is 4.90 Å². The van der Waals surface area contributed by atoms with Crippen LogP contribution in [0.15, 0.2) is 83.3 Å². The van der Waals surface area contributed by atoms with Crippen molar-refractivity contribution in [3.63, 3.8) is 0 Å². The van der Waals surface area contributed by atoms with Gasteiger partial charge in [0, 0.05) is 31.3 Å². The van der Waals surface area contributed by atoms with Crippen LogP contribution in [-0.2, 0) is 10.8 Å². The van der Waals surface area contributed by atoms with Gasteiger partial charge in [0.1, 0.15) is 0 Å². The number of anilines is 3. The van der Waals surface area contributed by atoms with Gasteiger partial charge in [-0.15, -0.1) is 11.3 Å². The largest absolute Gasteiger partial charge is 0.309 e. The highest BCUT2D eigenvalue weighted by Crippen LogP contribution is 2.47. The van der Waals surface area contributed by atoms with Crippen LogP contribution in [0, 0.1) is 6.92 Å². The number of benzene rings is 4. The SMILES string of the molecule is Cc1cc(C(C)(C)C)ccc1N(c1ccc(C(C)(C)C)cc1)c1cccc2c1sc1c(Br)cccc12. The maximum Gasteiger partial charge on any atom is 0.0640 e. The van der Waals surface area contributed by atoms with Gasteiger partial charge in [-0.2, -0.15) is 0 Å². The maximum atomic E-state index is 3.79. The molecule has 0 aliphatic carbocycles. The van der Waals surface area contributed by atoms with E-state index in [9.17, 15) is 0 Å². The third-order valence-electron chi connectivity index (χ3n) is 6.99. The molecule has 0 spiro atoms. The van der Waals surface area contributed by atoms with E-state index in [1.54, 1.807) is 0 Å². The van der Waals surface area contributed by atoms with Crippen molar-refractivity contribution in [2.24, 2.45) is 0 Å². The molecule has 1 aromatic heterocycles. The van der Waals surface area contributed by atoms with E-state index in [2.05, 4.69) is 148 Å². The van der Waals surface area contributed by atoms with Gasteiger partial charge in [-0.25, -0.2) is 0 Å². The van der Waals surface area contributed by atoms with Crippen LogP contribution in [0.5, 0.6) is 0 Å². The molecule has 1 heterocycles. The Morgan fingerprint density at radius 2 is 1.22 bits per heavy atom. The Morgan fingerprint density at radius 3 is 1.83 bits per heavy atom. The molecule has 0 aliphatic rings. The molecule has 0 fully saturated rings. The number of halogens is 1. The first kappa shape index (κ1) is 25.0. The van der Waals surface area contributed by atoms with Crippen LogP contribution in [0.4, 0.5) is 17.1 Å². The highest BCUT2D eigenvalue weighted by atomic mass is 79.9. The molecular formula is C33H34BrNS.